The number of nitrogens with one attached hydrogen (secondary N) is 2. The Morgan fingerprint density at radius 1 is 1.18 bits per heavy atom. The molecule has 124 valence electrons. The van der Waals surface area contributed by atoms with E-state index in [0.717, 1.165) is 6.07 Å². The maximum Gasteiger partial charge on any atom is 0.337 e. The van der Waals surface area contributed by atoms with Crippen molar-refractivity contribution in [2.75, 3.05) is 45.8 Å². The van der Waals surface area contributed by atoms with Crippen LogP contribution in [0.15, 0.2) is 23.1 Å². The molecule has 0 bridgehead atoms. The van der Waals surface area contributed by atoms with Crippen LogP contribution in [0, 0.1) is 0 Å². The Morgan fingerprint density at radius 2 is 1.82 bits per heavy atom. The zero-order valence-electron chi connectivity index (χ0n) is 12.5. The number of carbonyl (C=O) groups is 1. The van der Waals surface area contributed by atoms with Crippen LogP contribution in [-0.4, -0.2) is 60.0 Å². The van der Waals surface area contributed by atoms with Crippen LogP contribution in [0.25, 0.3) is 0 Å². The summed E-state index contributed by atoms with van der Waals surface area (Å²) in [5, 5.41) is 12.1. The second-order valence-corrected chi connectivity index (χ2v) is 6.09. The first kappa shape index (κ1) is 18.4. The van der Waals surface area contributed by atoms with Gasteiger partial charge in [0.1, 0.15) is 0 Å². The Hall–Kier alpha value is -1.68. The monoisotopic (exact) mass is 332 g/mol. The van der Waals surface area contributed by atoms with Gasteiger partial charge < -0.3 is 19.9 Å². The number of hydrogen-bond donors (Lipinski definition) is 3. The van der Waals surface area contributed by atoms with E-state index >= 15 is 0 Å². The molecule has 0 aromatic heterocycles. The SMILES string of the molecule is COCCNc1ccc(S(=O)(=O)NCCOC)cc1C(=O)O. The summed E-state index contributed by atoms with van der Waals surface area (Å²) >= 11 is 0. The minimum Gasteiger partial charge on any atom is -0.478 e. The van der Waals surface area contributed by atoms with Gasteiger partial charge in [0.15, 0.2) is 0 Å². The Kier molecular flexibility index (Phi) is 7.25. The van der Waals surface area contributed by atoms with E-state index in [1.165, 1.54) is 26.4 Å². The lowest BCUT2D eigenvalue weighted by Gasteiger charge is -2.12. The third-order valence-corrected chi connectivity index (χ3v) is 4.21. The van der Waals surface area contributed by atoms with Crippen LogP contribution in [-0.2, 0) is 19.5 Å². The molecule has 0 aliphatic rings. The second-order valence-electron chi connectivity index (χ2n) is 4.32. The van der Waals surface area contributed by atoms with E-state index in [1.54, 1.807) is 0 Å². The van der Waals surface area contributed by atoms with Crippen LogP contribution in [0.1, 0.15) is 10.4 Å². The molecular formula is C13H20N2O6S. The van der Waals surface area contributed by atoms with Gasteiger partial charge in [-0.2, -0.15) is 0 Å². The van der Waals surface area contributed by atoms with E-state index in [2.05, 4.69) is 10.0 Å². The van der Waals surface area contributed by atoms with Crippen molar-refractivity contribution in [1.82, 2.24) is 4.72 Å². The Morgan fingerprint density at radius 3 is 2.41 bits per heavy atom. The van der Waals surface area contributed by atoms with Crippen molar-refractivity contribution in [3.8, 4) is 0 Å². The number of anilines is 1. The molecule has 1 aromatic carbocycles. The standard InChI is InChI=1S/C13H20N2O6S/c1-20-7-5-14-12-4-3-10(9-11(12)13(16)17)22(18,19)15-6-8-21-2/h3-4,9,14-15H,5-8H2,1-2H3,(H,16,17). The highest BCUT2D eigenvalue weighted by atomic mass is 32.2. The predicted molar refractivity (Wildman–Crippen MR) is 80.8 cm³/mol. The van der Waals surface area contributed by atoms with Gasteiger partial charge in [-0.3, -0.25) is 0 Å². The van der Waals surface area contributed by atoms with E-state index < -0.39 is 16.0 Å². The third kappa shape index (κ3) is 5.26. The lowest BCUT2D eigenvalue weighted by Crippen LogP contribution is -2.27. The first-order valence-electron chi connectivity index (χ1n) is 6.51. The highest BCUT2D eigenvalue weighted by Crippen LogP contribution is 2.20. The number of carboxylic acid groups (broad SMARTS) is 1. The van der Waals surface area contributed by atoms with Gasteiger partial charge >= 0.3 is 5.97 Å². The molecule has 0 atom stereocenters. The maximum absolute atomic E-state index is 12.1. The summed E-state index contributed by atoms with van der Waals surface area (Å²) in [5.74, 6) is -1.21. The summed E-state index contributed by atoms with van der Waals surface area (Å²) in [5.41, 5.74) is 0.214. The summed E-state index contributed by atoms with van der Waals surface area (Å²) in [7, 11) is -0.792. The Bertz CT molecular complexity index is 603. The van der Waals surface area contributed by atoms with Gasteiger partial charge in [-0.25, -0.2) is 17.9 Å². The number of aromatic carboxylic acids is 1. The molecule has 1 rings (SSSR count). The molecule has 0 radical (unpaired) electrons. The van der Waals surface area contributed by atoms with Crippen LogP contribution in [0.4, 0.5) is 5.69 Å². The molecule has 22 heavy (non-hydrogen) atoms. The van der Waals surface area contributed by atoms with Crippen LogP contribution in [0.3, 0.4) is 0 Å². The largest absolute Gasteiger partial charge is 0.478 e. The number of carboxylic acids is 1. The first-order valence-corrected chi connectivity index (χ1v) is 7.99. The second kappa shape index (κ2) is 8.69. The highest BCUT2D eigenvalue weighted by molar-refractivity contribution is 7.89. The zero-order chi connectivity index (χ0) is 16.6. The summed E-state index contributed by atoms with van der Waals surface area (Å²) in [6.45, 7) is 1.14. The Balaban J connectivity index is 2.99. The van der Waals surface area contributed by atoms with Crippen molar-refractivity contribution in [2.45, 2.75) is 4.90 Å². The van der Waals surface area contributed by atoms with Crippen LogP contribution >= 0.6 is 0 Å². The molecule has 0 fully saturated rings. The van der Waals surface area contributed by atoms with Crippen LogP contribution in [0.5, 0.6) is 0 Å². The van der Waals surface area contributed by atoms with Crippen molar-refractivity contribution in [3.05, 3.63) is 23.8 Å². The van der Waals surface area contributed by atoms with Gasteiger partial charge in [-0.15, -0.1) is 0 Å². The summed E-state index contributed by atoms with van der Waals surface area (Å²) in [4.78, 5) is 11.2. The average molecular weight is 332 g/mol. The molecule has 0 saturated carbocycles. The first-order chi connectivity index (χ1) is 10.4. The lowest BCUT2D eigenvalue weighted by atomic mass is 10.2. The van der Waals surface area contributed by atoms with E-state index in [9.17, 15) is 18.3 Å². The van der Waals surface area contributed by atoms with Crippen molar-refractivity contribution in [2.24, 2.45) is 0 Å². The van der Waals surface area contributed by atoms with Crippen molar-refractivity contribution in [1.29, 1.82) is 0 Å². The van der Waals surface area contributed by atoms with Crippen molar-refractivity contribution >= 4 is 21.7 Å². The fourth-order valence-corrected chi connectivity index (χ4v) is 2.71. The summed E-state index contributed by atoms with van der Waals surface area (Å²) in [6.07, 6.45) is 0. The van der Waals surface area contributed by atoms with Gasteiger partial charge in [-0.1, -0.05) is 0 Å². The van der Waals surface area contributed by atoms with E-state index in [-0.39, 0.29) is 23.6 Å². The number of ether oxygens (including phenoxy) is 2. The van der Waals surface area contributed by atoms with E-state index in [1.807, 2.05) is 0 Å². The molecule has 1 aromatic rings. The quantitative estimate of drug-likeness (QED) is 0.530. The number of rotatable bonds is 10. The maximum atomic E-state index is 12.1. The Labute approximate surface area is 129 Å². The number of sulfonamides is 1. The van der Waals surface area contributed by atoms with E-state index in [0.29, 0.717) is 18.8 Å². The smallest absolute Gasteiger partial charge is 0.337 e. The molecule has 8 nitrogen and oxygen atoms in total. The van der Waals surface area contributed by atoms with Gasteiger partial charge in [0.2, 0.25) is 10.0 Å². The van der Waals surface area contributed by atoms with Crippen molar-refractivity contribution in [3.63, 3.8) is 0 Å². The predicted octanol–water partition coefficient (Wildman–Crippen LogP) is 0.368. The molecule has 0 aliphatic heterocycles. The number of hydrogen-bond acceptors (Lipinski definition) is 6. The minimum atomic E-state index is -3.78. The van der Waals surface area contributed by atoms with Gasteiger partial charge in [0, 0.05) is 33.0 Å². The average Bonchev–Trinajstić information content (AvgIpc) is 2.47. The molecule has 0 amide bonds. The van der Waals surface area contributed by atoms with Crippen molar-refractivity contribution < 1.29 is 27.8 Å². The van der Waals surface area contributed by atoms with Crippen LogP contribution < -0.4 is 10.0 Å². The highest BCUT2D eigenvalue weighted by Gasteiger charge is 2.18. The van der Waals surface area contributed by atoms with Crippen LogP contribution in [0.2, 0.25) is 0 Å². The van der Waals surface area contributed by atoms with Gasteiger partial charge in [0.05, 0.1) is 23.7 Å². The fraction of sp³-hybridized carbons (Fsp3) is 0.462. The number of benzene rings is 1. The zero-order valence-corrected chi connectivity index (χ0v) is 13.3. The minimum absolute atomic E-state index is 0.106. The normalized spacial score (nSPS) is 11.4. The third-order valence-electron chi connectivity index (χ3n) is 2.75. The summed E-state index contributed by atoms with van der Waals surface area (Å²) in [6, 6.07) is 3.88. The summed E-state index contributed by atoms with van der Waals surface area (Å²) < 4.78 is 36.1. The molecule has 9 heteroatoms. The molecule has 3 N–H and O–H groups in total. The molecule has 0 heterocycles. The fourth-order valence-electron chi connectivity index (χ4n) is 1.67. The number of methoxy groups -OCH3 is 2. The molecule has 0 spiro atoms. The molecular weight excluding hydrogens is 312 g/mol. The molecule has 0 aliphatic carbocycles. The lowest BCUT2D eigenvalue weighted by molar-refractivity contribution is 0.0697. The molecule has 0 saturated heterocycles. The van der Waals surface area contributed by atoms with E-state index in [4.69, 9.17) is 9.47 Å². The molecule has 0 unspecified atom stereocenters. The topological polar surface area (TPSA) is 114 Å². The van der Waals surface area contributed by atoms with Gasteiger partial charge in [-0.05, 0) is 18.2 Å². The van der Waals surface area contributed by atoms with Gasteiger partial charge in [0.25, 0.3) is 0 Å².